The minimum atomic E-state index is -0.767. The Bertz CT molecular complexity index is 1020. The van der Waals surface area contributed by atoms with E-state index in [1.54, 1.807) is 12.2 Å². The van der Waals surface area contributed by atoms with Gasteiger partial charge in [0.25, 0.3) is 0 Å². The van der Waals surface area contributed by atoms with Gasteiger partial charge in [0.05, 0.1) is 24.4 Å². The molecule has 0 aromatic heterocycles. The van der Waals surface area contributed by atoms with Gasteiger partial charge in [-0.2, -0.15) is 0 Å². The normalized spacial score (nSPS) is 23.2. The quantitative estimate of drug-likeness (QED) is 0.0294. The van der Waals surface area contributed by atoms with Crippen LogP contribution in [0.4, 0.5) is 0 Å². The van der Waals surface area contributed by atoms with Gasteiger partial charge < -0.3 is 42.1 Å². The Hall–Kier alpha value is -2.48. The first-order chi connectivity index (χ1) is 26.8. The minimum Gasteiger partial charge on any atom is -0.481 e. The number of aliphatic hydroxyl groups is 4. The summed E-state index contributed by atoms with van der Waals surface area (Å²) in [5, 5.41) is 57.5. The predicted octanol–water partition coefficient (Wildman–Crippen LogP) is 6.63. The summed E-state index contributed by atoms with van der Waals surface area (Å²) in [5.41, 5.74) is 10.3. The molecule has 0 saturated heterocycles. The second-order valence-corrected chi connectivity index (χ2v) is 15.7. The summed E-state index contributed by atoms with van der Waals surface area (Å²) in [6, 6.07) is 0. The first-order valence-corrected chi connectivity index (χ1v) is 21.8. The van der Waals surface area contributed by atoms with Gasteiger partial charge in [0.2, 0.25) is 0 Å². The topological polar surface area (TPSA) is 242 Å². The largest absolute Gasteiger partial charge is 0.481 e. The average molecular weight is 797 g/mol. The predicted molar refractivity (Wildman–Crippen MR) is 222 cm³/mol. The Kier molecular flexibility index (Phi) is 33.0. The van der Waals surface area contributed by atoms with Crippen molar-refractivity contribution >= 4 is 23.5 Å². The van der Waals surface area contributed by atoms with Crippen molar-refractivity contribution in [2.24, 2.45) is 35.1 Å². The molecule has 0 bridgehead atoms. The van der Waals surface area contributed by atoms with Gasteiger partial charge in [-0.05, 0) is 64.5 Å². The van der Waals surface area contributed by atoms with Crippen LogP contribution in [0.15, 0.2) is 24.3 Å². The SMILES string of the molecule is CCCCC[C@H](O)C=C[C@H]1[C@H](O)CC(=O)[C@@H]1CCCCCCC(=O)O.CCCCC[C@H](O)C=C[C@H]1[C@H](O)CC(=O)[C@@H]1CCCCCCC(=O)O.NCCCCN. The Morgan fingerprint density at radius 1 is 0.589 bits per heavy atom. The van der Waals surface area contributed by atoms with Gasteiger partial charge in [-0.25, -0.2) is 0 Å². The van der Waals surface area contributed by atoms with Crippen LogP contribution in [-0.4, -0.2) is 91.6 Å². The maximum Gasteiger partial charge on any atom is 0.303 e. The molecule has 0 radical (unpaired) electrons. The molecule has 0 aromatic carbocycles. The fourth-order valence-electron chi connectivity index (χ4n) is 7.37. The lowest BCUT2D eigenvalue weighted by atomic mass is 9.88. The van der Waals surface area contributed by atoms with Crippen LogP contribution in [0.5, 0.6) is 0 Å². The lowest BCUT2D eigenvalue weighted by molar-refractivity contribution is -0.138. The summed E-state index contributed by atoms with van der Waals surface area (Å²) in [5.74, 6) is -2.07. The van der Waals surface area contributed by atoms with E-state index in [9.17, 15) is 39.6 Å². The van der Waals surface area contributed by atoms with Crippen LogP contribution in [-0.2, 0) is 19.2 Å². The standard InChI is InChI=1S/2C20H34O5.C4H12N2/c2*1-2-3-6-9-15(21)12-13-17-16(18(22)14-19(17)23)10-7-4-5-8-11-20(24)25;5-3-1-2-4-6/h2*12-13,15-17,19,21,23H,2-11,14H2,1H3,(H,24,25);1-6H2/t2*15-,16+,17+,19+;/m00./s1. The lowest BCUT2D eigenvalue weighted by Gasteiger charge is -2.18. The number of Topliss-reactive ketones (excluding diaryl/α,β-unsaturated/α-hetero) is 2. The molecule has 8 atom stereocenters. The molecule has 0 unspecified atom stereocenters. The van der Waals surface area contributed by atoms with E-state index in [2.05, 4.69) is 13.8 Å². The van der Waals surface area contributed by atoms with Crippen LogP contribution in [0.2, 0.25) is 0 Å². The van der Waals surface area contributed by atoms with Crippen molar-refractivity contribution in [2.75, 3.05) is 13.1 Å². The van der Waals surface area contributed by atoms with Gasteiger partial charge >= 0.3 is 11.9 Å². The van der Waals surface area contributed by atoms with Gasteiger partial charge in [0.1, 0.15) is 11.6 Å². The molecule has 2 aliphatic rings. The van der Waals surface area contributed by atoms with E-state index in [0.717, 1.165) is 129 Å². The Morgan fingerprint density at radius 2 is 0.946 bits per heavy atom. The number of carboxylic acid groups (broad SMARTS) is 2. The molecule has 2 saturated carbocycles. The van der Waals surface area contributed by atoms with Crippen LogP contribution in [0.25, 0.3) is 0 Å². The van der Waals surface area contributed by atoms with Crippen molar-refractivity contribution in [2.45, 2.75) is 192 Å². The van der Waals surface area contributed by atoms with Gasteiger partial charge in [-0.15, -0.1) is 0 Å². The molecule has 326 valence electrons. The molecule has 56 heavy (non-hydrogen) atoms. The summed E-state index contributed by atoms with van der Waals surface area (Å²) >= 11 is 0. The van der Waals surface area contributed by atoms with Crippen LogP contribution in [0.1, 0.15) is 168 Å². The highest BCUT2D eigenvalue weighted by Gasteiger charge is 2.40. The molecule has 2 aliphatic carbocycles. The van der Waals surface area contributed by atoms with Crippen molar-refractivity contribution in [1.82, 2.24) is 0 Å². The summed E-state index contributed by atoms with van der Waals surface area (Å²) in [6.07, 6.45) is 23.6. The third kappa shape index (κ3) is 26.4. The number of carbonyl (C=O) groups excluding carboxylic acids is 2. The highest BCUT2D eigenvalue weighted by atomic mass is 16.4. The molecule has 0 amide bonds. The number of carbonyl (C=O) groups is 4. The van der Waals surface area contributed by atoms with Crippen LogP contribution >= 0.6 is 0 Å². The molecule has 0 spiro atoms. The molecule has 0 aromatic rings. The first-order valence-electron chi connectivity index (χ1n) is 21.8. The van der Waals surface area contributed by atoms with Crippen LogP contribution in [0.3, 0.4) is 0 Å². The summed E-state index contributed by atoms with van der Waals surface area (Å²) in [4.78, 5) is 45.2. The van der Waals surface area contributed by atoms with Crippen molar-refractivity contribution in [3.8, 4) is 0 Å². The molecule has 0 heterocycles. The first kappa shape index (κ1) is 53.5. The fourth-order valence-corrected chi connectivity index (χ4v) is 7.37. The fraction of sp³-hybridized carbons (Fsp3) is 0.818. The maximum atomic E-state index is 12.1. The second-order valence-electron chi connectivity index (χ2n) is 15.7. The van der Waals surface area contributed by atoms with Crippen molar-refractivity contribution in [1.29, 1.82) is 0 Å². The maximum absolute atomic E-state index is 12.1. The van der Waals surface area contributed by atoms with Crippen molar-refractivity contribution in [3.05, 3.63) is 24.3 Å². The summed E-state index contributed by atoms with van der Waals surface area (Å²) in [6.45, 7) is 5.79. The number of unbranched alkanes of at least 4 members (excludes halogenated alkanes) is 11. The number of rotatable bonds is 29. The number of hydrogen-bond donors (Lipinski definition) is 8. The molecule has 2 rings (SSSR count). The zero-order valence-corrected chi connectivity index (χ0v) is 34.8. The van der Waals surface area contributed by atoms with E-state index in [4.69, 9.17) is 21.7 Å². The van der Waals surface area contributed by atoms with Crippen molar-refractivity contribution in [3.63, 3.8) is 0 Å². The molecular weight excluding hydrogens is 716 g/mol. The highest BCUT2D eigenvalue weighted by molar-refractivity contribution is 5.85. The van der Waals surface area contributed by atoms with Crippen LogP contribution in [0, 0.1) is 23.7 Å². The van der Waals surface area contributed by atoms with E-state index in [1.807, 2.05) is 12.2 Å². The lowest BCUT2D eigenvalue weighted by Crippen LogP contribution is -2.19. The van der Waals surface area contributed by atoms with Gasteiger partial charge in [-0.3, -0.25) is 19.2 Å². The smallest absolute Gasteiger partial charge is 0.303 e. The zero-order chi connectivity index (χ0) is 42.1. The van der Waals surface area contributed by atoms with E-state index < -0.39 is 36.4 Å². The van der Waals surface area contributed by atoms with Crippen molar-refractivity contribution < 1.29 is 49.8 Å². The molecular formula is C44H80N2O10. The second kappa shape index (κ2) is 34.6. The van der Waals surface area contributed by atoms with Crippen LogP contribution < -0.4 is 11.5 Å². The number of ketones is 2. The summed E-state index contributed by atoms with van der Waals surface area (Å²) in [7, 11) is 0. The number of aliphatic carboxylic acids is 2. The number of aliphatic hydroxyl groups excluding tert-OH is 4. The Labute approximate surface area is 337 Å². The van der Waals surface area contributed by atoms with E-state index in [0.29, 0.717) is 12.8 Å². The molecule has 12 nitrogen and oxygen atoms in total. The Balaban J connectivity index is 0.000000942. The number of carboxylic acids is 2. The Morgan fingerprint density at radius 3 is 1.27 bits per heavy atom. The van der Waals surface area contributed by atoms with Gasteiger partial charge in [-0.1, -0.05) is 115 Å². The van der Waals surface area contributed by atoms with E-state index in [-0.39, 0.29) is 60.9 Å². The van der Waals surface area contributed by atoms with E-state index >= 15 is 0 Å². The summed E-state index contributed by atoms with van der Waals surface area (Å²) < 4.78 is 0. The zero-order valence-electron chi connectivity index (χ0n) is 34.8. The molecule has 0 aliphatic heterocycles. The average Bonchev–Trinajstić information content (AvgIpc) is 3.58. The monoisotopic (exact) mass is 797 g/mol. The molecule has 2 fully saturated rings. The minimum absolute atomic E-state index is 0.105. The van der Waals surface area contributed by atoms with Gasteiger partial charge in [0, 0.05) is 49.4 Å². The van der Waals surface area contributed by atoms with Gasteiger partial charge in [0.15, 0.2) is 0 Å². The molecule has 10 N–H and O–H groups in total. The highest BCUT2D eigenvalue weighted by Crippen LogP contribution is 2.35. The number of nitrogens with two attached hydrogens (primary N) is 2. The number of hydrogen-bond acceptors (Lipinski definition) is 10. The van der Waals surface area contributed by atoms with E-state index in [1.165, 1.54) is 0 Å². The third-order valence-corrected chi connectivity index (χ3v) is 10.8. The third-order valence-electron chi connectivity index (χ3n) is 10.8. The molecule has 12 heteroatoms.